The summed E-state index contributed by atoms with van der Waals surface area (Å²) in [7, 11) is 3.41. The first-order valence-corrected chi connectivity index (χ1v) is 10.1. The molecule has 4 N–H and O–H groups in total. The number of pyridine rings is 2. The lowest BCUT2D eigenvalue weighted by atomic mass is 10.1. The van der Waals surface area contributed by atoms with Gasteiger partial charge in [0.1, 0.15) is 12.4 Å². The highest BCUT2D eigenvalue weighted by Crippen LogP contribution is 2.41. The Labute approximate surface area is 183 Å². The van der Waals surface area contributed by atoms with E-state index in [1.807, 2.05) is 31.3 Å². The van der Waals surface area contributed by atoms with Crippen molar-refractivity contribution in [2.45, 2.75) is 0 Å². The fourth-order valence-corrected chi connectivity index (χ4v) is 3.65. The van der Waals surface area contributed by atoms with Crippen molar-refractivity contribution in [1.29, 1.82) is 0 Å². The molecule has 0 unspecified atom stereocenters. The van der Waals surface area contributed by atoms with Gasteiger partial charge in [-0.2, -0.15) is 0 Å². The summed E-state index contributed by atoms with van der Waals surface area (Å²) in [5, 5.41) is 7.34. The maximum Gasteiger partial charge on any atom is 0.259 e. The van der Waals surface area contributed by atoms with E-state index in [-0.39, 0.29) is 5.56 Å². The van der Waals surface area contributed by atoms with E-state index in [0.717, 1.165) is 5.56 Å². The van der Waals surface area contributed by atoms with Crippen LogP contribution in [0.25, 0.3) is 22.2 Å². The van der Waals surface area contributed by atoms with E-state index in [0.29, 0.717) is 57.6 Å². The Hall–Kier alpha value is -3.49. The van der Waals surface area contributed by atoms with Crippen molar-refractivity contribution in [2.75, 3.05) is 32.6 Å². The van der Waals surface area contributed by atoms with Gasteiger partial charge in [-0.1, -0.05) is 17.7 Å². The predicted molar refractivity (Wildman–Crippen MR) is 123 cm³/mol. The summed E-state index contributed by atoms with van der Waals surface area (Å²) < 4.78 is 11.4. The van der Waals surface area contributed by atoms with Gasteiger partial charge in [-0.15, -0.1) is 0 Å². The Bertz CT molecular complexity index is 1270. The Balaban J connectivity index is 1.90. The first kappa shape index (κ1) is 20.8. The van der Waals surface area contributed by atoms with Crippen LogP contribution in [0, 0.1) is 0 Å². The number of nitrogens with zero attached hydrogens (tertiary/aromatic N) is 1. The van der Waals surface area contributed by atoms with Crippen LogP contribution in [0.1, 0.15) is 0 Å². The average molecular weight is 440 g/mol. The van der Waals surface area contributed by atoms with Gasteiger partial charge in [0.25, 0.3) is 5.56 Å². The zero-order chi connectivity index (χ0) is 21.8. The molecule has 0 bridgehead atoms. The molecule has 0 aliphatic heterocycles. The average Bonchev–Trinajstić information content (AvgIpc) is 3.14. The first-order chi connectivity index (χ1) is 15.1. The number of rotatable bonds is 8. The third-order valence-electron chi connectivity index (χ3n) is 4.81. The molecule has 0 saturated carbocycles. The molecule has 0 atom stereocenters. The molecule has 0 saturated heterocycles. The molecule has 0 fully saturated rings. The highest BCUT2D eigenvalue weighted by atomic mass is 35.5. The molecule has 0 aliphatic carbocycles. The number of methoxy groups -OCH3 is 1. The Morgan fingerprint density at radius 2 is 2.10 bits per heavy atom. The molecule has 31 heavy (non-hydrogen) atoms. The van der Waals surface area contributed by atoms with Crippen LogP contribution in [-0.4, -0.2) is 42.3 Å². The van der Waals surface area contributed by atoms with E-state index >= 15 is 0 Å². The minimum Gasteiger partial charge on any atom is -0.493 e. The number of hydrogen-bond donors (Lipinski definition) is 4. The number of anilines is 2. The van der Waals surface area contributed by atoms with Gasteiger partial charge in [-0.3, -0.25) is 9.78 Å². The van der Waals surface area contributed by atoms with Gasteiger partial charge in [-0.05, 0) is 31.3 Å². The number of para-hydroxylation sites is 1. The van der Waals surface area contributed by atoms with Crippen molar-refractivity contribution in [3.63, 3.8) is 0 Å². The molecule has 0 radical (unpaired) electrons. The maximum absolute atomic E-state index is 12.7. The quantitative estimate of drug-likeness (QED) is 0.310. The minimum absolute atomic E-state index is 0.227. The molecule has 0 aliphatic rings. The molecule has 9 heteroatoms. The fourth-order valence-electron chi connectivity index (χ4n) is 3.39. The van der Waals surface area contributed by atoms with Crippen molar-refractivity contribution < 1.29 is 9.47 Å². The smallest absolute Gasteiger partial charge is 0.259 e. The lowest BCUT2D eigenvalue weighted by Gasteiger charge is -2.15. The number of hydrogen-bond acceptors (Lipinski definition) is 6. The van der Waals surface area contributed by atoms with Crippen LogP contribution in [-0.2, 0) is 0 Å². The second kappa shape index (κ2) is 9.11. The minimum atomic E-state index is -0.227. The third-order valence-corrected chi connectivity index (χ3v) is 5.11. The summed E-state index contributed by atoms with van der Waals surface area (Å²) in [6.45, 7) is 1.16. The highest BCUT2D eigenvalue weighted by Gasteiger charge is 2.20. The van der Waals surface area contributed by atoms with Gasteiger partial charge >= 0.3 is 0 Å². The molecule has 8 nitrogen and oxygen atoms in total. The number of halogens is 1. The lowest BCUT2D eigenvalue weighted by Crippen LogP contribution is -2.16. The molecule has 4 rings (SSSR count). The number of H-pyrrole nitrogens is 2. The molecule has 0 amide bonds. The molecule has 0 spiro atoms. The zero-order valence-corrected chi connectivity index (χ0v) is 17.8. The molecular formula is C22H22ClN5O3. The van der Waals surface area contributed by atoms with E-state index < -0.39 is 0 Å². The fraction of sp³-hybridized carbons (Fsp3) is 0.182. The first-order valence-electron chi connectivity index (χ1n) is 9.68. The lowest BCUT2D eigenvalue weighted by molar-refractivity contribution is 0.318. The van der Waals surface area contributed by atoms with Crippen molar-refractivity contribution in [1.82, 2.24) is 20.3 Å². The van der Waals surface area contributed by atoms with E-state index in [1.165, 1.54) is 0 Å². The van der Waals surface area contributed by atoms with Crippen LogP contribution in [0.3, 0.4) is 0 Å². The summed E-state index contributed by atoms with van der Waals surface area (Å²) in [4.78, 5) is 23.0. The summed E-state index contributed by atoms with van der Waals surface area (Å²) in [6, 6.07) is 9.04. The van der Waals surface area contributed by atoms with Crippen LogP contribution < -0.4 is 25.7 Å². The van der Waals surface area contributed by atoms with Gasteiger partial charge < -0.3 is 30.1 Å². The summed E-state index contributed by atoms with van der Waals surface area (Å²) >= 11 is 6.30. The van der Waals surface area contributed by atoms with Crippen LogP contribution in [0.4, 0.5) is 11.4 Å². The summed E-state index contributed by atoms with van der Waals surface area (Å²) in [5.41, 5.74) is 3.13. The largest absolute Gasteiger partial charge is 0.493 e. The number of aromatic amines is 2. The molecule has 160 valence electrons. The zero-order valence-electron chi connectivity index (χ0n) is 17.1. The number of benzene rings is 1. The standard InChI is InChI=1S/C22H22ClN5O3/c1-24-10-11-31-17-12-25-8-6-13(17)19-20(18-15(27-19)7-9-26-22(18)29)28-16-5-3-4-14(23)21(16)30-2/h3-9,12,24,27-28H,10-11H2,1-2H3,(H,26,29). The maximum atomic E-state index is 12.7. The monoisotopic (exact) mass is 439 g/mol. The van der Waals surface area contributed by atoms with E-state index in [9.17, 15) is 4.79 Å². The van der Waals surface area contributed by atoms with Crippen LogP contribution in [0.5, 0.6) is 11.5 Å². The number of aromatic nitrogens is 3. The number of ether oxygens (including phenoxy) is 2. The van der Waals surface area contributed by atoms with Crippen LogP contribution >= 0.6 is 11.6 Å². The normalized spacial score (nSPS) is 10.9. The van der Waals surface area contributed by atoms with Crippen molar-refractivity contribution in [2.24, 2.45) is 0 Å². The topological polar surface area (TPSA) is 104 Å². The molecule has 1 aromatic carbocycles. The molecule has 3 aromatic heterocycles. The van der Waals surface area contributed by atoms with E-state index in [4.69, 9.17) is 21.1 Å². The van der Waals surface area contributed by atoms with Crippen LogP contribution in [0.15, 0.2) is 53.7 Å². The second-order valence-electron chi connectivity index (χ2n) is 6.74. The van der Waals surface area contributed by atoms with Gasteiger partial charge in [0, 0.05) is 24.5 Å². The molecular weight excluding hydrogens is 418 g/mol. The highest BCUT2D eigenvalue weighted by molar-refractivity contribution is 6.32. The Morgan fingerprint density at radius 1 is 1.23 bits per heavy atom. The van der Waals surface area contributed by atoms with E-state index in [1.54, 1.807) is 31.8 Å². The van der Waals surface area contributed by atoms with Crippen molar-refractivity contribution in [3.05, 3.63) is 64.3 Å². The van der Waals surface area contributed by atoms with Crippen molar-refractivity contribution >= 4 is 33.9 Å². The number of nitrogens with one attached hydrogen (secondary N) is 4. The number of fused-ring (bicyclic) bond motifs is 1. The second-order valence-corrected chi connectivity index (χ2v) is 7.15. The van der Waals surface area contributed by atoms with Crippen LogP contribution in [0.2, 0.25) is 5.02 Å². The summed E-state index contributed by atoms with van der Waals surface area (Å²) in [6.07, 6.45) is 4.94. The van der Waals surface area contributed by atoms with Gasteiger partial charge in [0.2, 0.25) is 0 Å². The van der Waals surface area contributed by atoms with Gasteiger partial charge in [0.05, 0.1) is 46.3 Å². The van der Waals surface area contributed by atoms with Gasteiger partial charge in [-0.25, -0.2) is 0 Å². The SMILES string of the molecule is CNCCOc1cnccc1-c1[nH]c2cc[nH]c(=O)c2c1Nc1cccc(Cl)c1OC. The molecule has 3 heterocycles. The summed E-state index contributed by atoms with van der Waals surface area (Å²) in [5.74, 6) is 1.08. The molecule has 4 aromatic rings. The number of likely N-dealkylation sites (N-methyl/N-ethyl adjacent to an activating group) is 1. The van der Waals surface area contributed by atoms with Gasteiger partial charge in [0.15, 0.2) is 5.75 Å². The Kier molecular flexibility index (Phi) is 6.11. The Morgan fingerprint density at radius 3 is 2.90 bits per heavy atom. The predicted octanol–water partition coefficient (Wildman–Crippen LogP) is 3.92. The van der Waals surface area contributed by atoms with Crippen molar-refractivity contribution in [3.8, 4) is 22.8 Å². The third kappa shape index (κ3) is 4.08. The van der Waals surface area contributed by atoms with E-state index in [2.05, 4.69) is 25.6 Å².